The highest BCUT2D eigenvalue weighted by molar-refractivity contribution is 5.86. The van der Waals surface area contributed by atoms with Crippen LogP contribution in [-0.4, -0.2) is 10.2 Å². The van der Waals surface area contributed by atoms with Gasteiger partial charge in [-0.05, 0) is 57.6 Å². The van der Waals surface area contributed by atoms with Crippen molar-refractivity contribution >= 4 is 0 Å². The van der Waals surface area contributed by atoms with Gasteiger partial charge >= 0.3 is 0 Å². The standard InChI is InChI=1S/C25H16F2O2/c26-21-13-15(9-11-23(21)28)25(16-10-12-24(29)22(27)14-16)19-7-3-1-5-17(19)18-6-2-4-8-20(18)25/h1-14,28-29H. The summed E-state index contributed by atoms with van der Waals surface area (Å²) in [5.41, 5.74) is 3.87. The average Bonchev–Trinajstić information content (AvgIpc) is 3.04. The van der Waals surface area contributed by atoms with Crippen LogP contribution in [0, 0.1) is 11.6 Å². The number of aromatic hydroxyl groups is 2. The predicted octanol–water partition coefficient (Wildman–Crippen LogP) is 5.74. The fourth-order valence-electron chi connectivity index (χ4n) is 4.50. The molecule has 0 heterocycles. The summed E-state index contributed by atoms with van der Waals surface area (Å²) in [6.07, 6.45) is 0. The lowest BCUT2D eigenvalue weighted by atomic mass is 9.67. The second kappa shape index (κ2) is 6.17. The maximum atomic E-state index is 14.4. The molecule has 0 fully saturated rings. The molecule has 0 aromatic heterocycles. The van der Waals surface area contributed by atoms with Crippen LogP contribution in [0.1, 0.15) is 22.3 Å². The zero-order valence-electron chi connectivity index (χ0n) is 15.2. The molecule has 4 aromatic rings. The summed E-state index contributed by atoms with van der Waals surface area (Å²) in [5.74, 6) is -2.38. The molecule has 0 aliphatic heterocycles. The van der Waals surface area contributed by atoms with Crippen LogP contribution in [0.4, 0.5) is 8.78 Å². The lowest BCUT2D eigenvalue weighted by molar-refractivity contribution is 0.430. The summed E-state index contributed by atoms with van der Waals surface area (Å²) < 4.78 is 28.9. The number of benzene rings is 4. The molecule has 5 rings (SSSR count). The molecule has 0 saturated carbocycles. The maximum Gasteiger partial charge on any atom is 0.165 e. The van der Waals surface area contributed by atoms with Crippen molar-refractivity contribution in [1.82, 2.24) is 0 Å². The molecule has 0 spiro atoms. The summed E-state index contributed by atoms with van der Waals surface area (Å²) in [5, 5.41) is 19.5. The van der Waals surface area contributed by atoms with Crippen LogP contribution in [0.15, 0.2) is 84.9 Å². The molecule has 0 saturated heterocycles. The van der Waals surface area contributed by atoms with E-state index in [4.69, 9.17) is 0 Å². The van der Waals surface area contributed by atoms with E-state index in [-0.39, 0.29) is 0 Å². The molecule has 1 aliphatic carbocycles. The van der Waals surface area contributed by atoms with Crippen LogP contribution in [0.5, 0.6) is 11.5 Å². The fraction of sp³-hybridized carbons (Fsp3) is 0.0400. The minimum atomic E-state index is -0.990. The zero-order chi connectivity index (χ0) is 20.2. The third-order valence-electron chi connectivity index (χ3n) is 5.71. The van der Waals surface area contributed by atoms with E-state index in [1.807, 2.05) is 48.5 Å². The number of phenols is 2. The van der Waals surface area contributed by atoms with Crippen molar-refractivity contribution in [2.24, 2.45) is 0 Å². The Labute approximate surface area is 166 Å². The molecule has 4 aromatic carbocycles. The number of fused-ring (bicyclic) bond motifs is 3. The smallest absolute Gasteiger partial charge is 0.165 e. The molecular weight excluding hydrogens is 370 g/mol. The Hall–Kier alpha value is -3.66. The van der Waals surface area contributed by atoms with Gasteiger partial charge in [-0.3, -0.25) is 0 Å². The monoisotopic (exact) mass is 386 g/mol. The zero-order valence-corrected chi connectivity index (χ0v) is 15.2. The van der Waals surface area contributed by atoms with Crippen LogP contribution in [0.2, 0.25) is 0 Å². The Morgan fingerprint density at radius 3 is 1.38 bits per heavy atom. The molecule has 0 amide bonds. The highest BCUT2D eigenvalue weighted by Gasteiger charge is 2.46. The van der Waals surface area contributed by atoms with Crippen molar-refractivity contribution in [1.29, 1.82) is 0 Å². The highest BCUT2D eigenvalue weighted by atomic mass is 19.1. The Morgan fingerprint density at radius 2 is 0.966 bits per heavy atom. The molecule has 4 heteroatoms. The van der Waals surface area contributed by atoms with E-state index in [0.29, 0.717) is 11.1 Å². The summed E-state index contributed by atoms with van der Waals surface area (Å²) in [7, 11) is 0. The molecule has 29 heavy (non-hydrogen) atoms. The van der Waals surface area contributed by atoms with Crippen molar-refractivity contribution in [3.8, 4) is 22.6 Å². The van der Waals surface area contributed by atoms with Crippen LogP contribution in [0.25, 0.3) is 11.1 Å². The first-order valence-electron chi connectivity index (χ1n) is 9.21. The number of halogens is 2. The molecule has 2 nitrogen and oxygen atoms in total. The van der Waals surface area contributed by atoms with Crippen molar-refractivity contribution in [2.45, 2.75) is 5.41 Å². The molecule has 142 valence electrons. The largest absolute Gasteiger partial charge is 0.505 e. The summed E-state index contributed by atoms with van der Waals surface area (Å²) in [6, 6.07) is 24.0. The van der Waals surface area contributed by atoms with E-state index in [2.05, 4.69) is 0 Å². The summed E-state index contributed by atoms with van der Waals surface area (Å²) in [4.78, 5) is 0. The van der Waals surface area contributed by atoms with E-state index >= 15 is 0 Å². The first kappa shape index (κ1) is 17.4. The van der Waals surface area contributed by atoms with Crippen LogP contribution in [-0.2, 0) is 5.41 Å². The highest BCUT2D eigenvalue weighted by Crippen LogP contribution is 2.56. The molecular formula is C25H16F2O2. The topological polar surface area (TPSA) is 40.5 Å². The van der Waals surface area contributed by atoms with E-state index in [9.17, 15) is 19.0 Å². The van der Waals surface area contributed by atoms with E-state index in [1.165, 1.54) is 24.3 Å². The van der Waals surface area contributed by atoms with E-state index in [1.54, 1.807) is 12.1 Å². The normalized spacial score (nSPS) is 13.7. The second-order valence-electron chi connectivity index (χ2n) is 7.17. The summed E-state index contributed by atoms with van der Waals surface area (Å²) >= 11 is 0. The first-order valence-corrected chi connectivity index (χ1v) is 9.21. The molecule has 0 bridgehead atoms. The maximum absolute atomic E-state index is 14.4. The van der Waals surface area contributed by atoms with Gasteiger partial charge in [0, 0.05) is 0 Å². The van der Waals surface area contributed by atoms with Crippen molar-refractivity contribution < 1.29 is 19.0 Å². The van der Waals surface area contributed by atoms with Gasteiger partial charge in [0.1, 0.15) is 0 Å². The van der Waals surface area contributed by atoms with Crippen molar-refractivity contribution in [3.05, 3.63) is 119 Å². The third-order valence-corrected chi connectivity index (χ3v) is 5.71. The minimum Gasteiger partial charge on any atom is -0.505 e. The number of hydrogen-bond donors (Lipinski definition) is 2. The molecule has 0 unspecified atom stereocenters. The van der Waals surface area contributed by atoms with Gasteiger partial charge in [0.05, 0.1) is 5.41 Å². The van der Waals surface area contributed by atoms with Gasteiger partial charge in [0.15, 0.2) is 23.1 Å². The first-order chi connectivity index (χ1) is 14.0. The molecule has 0 atom stereocenters. The van der Waals surface area contributed by atoms with Gasteiger partial charge in [-0.25, -0.2) is 8.78 Å². The van der Waals surface area contributed by atoms with Gasteiger partial charge < -0.3 is 10.2 Å². The van der Waals surface area contributed by atoms with Gasteiger partial charge in [0.25, 0.3) is 0 Å². The van der Waals surface area contributed by atoms with Gasteiger partial charge in [-0.15, -0.1) is 0 Å². The fourth-order valence-corrected chi connectivity index (χ4v) is 4.50. The number of rotatable bonds is 2. The lowest BCUT2D eigenvalue weighted by Crippen LogP contribution is -2.28. The van der Waals surface area contributed by atoms with Crippen LogP contribution < -0.4 is 0 Å². The second-order valence-corrected chi connectivity index (χ2v) is 7.17. The van der Waals surface area contributed by atoms with E-state index < -0.39 is 28.5 Å². The molecule has 2 N–H and O–H groups in total. The molecule has 0 radical (unpaired) electrons. The Balaban J connectivity index is 1.97. The van der Waals surface area contributed by atoms with Gasteiger partial charge in [-0.1, -0.05) is 60.7 Å². The van der Waals surface area contributed by atoms with Crippen molar-refractivity contribution in [3.63, 3.8) is 0 Å². The Morgan fingerprint density at radius 1 is 0.552 bits per heavy atom. The van der Waals surface area contributed by atoms with Crippen LogP contribution in [0.3, 0.4) is 0 Å². The lowest BCUT2D eigenvalue weighted by Gasteiger charge is -2.34. The minimum absolute atomic E-state index is 0.444. The number of phenolic OH excluding ortho intramolecular Hbond substituents is 2. The van der Waals surface area contributed by atoms with E-state index in [0.717, 1.165) is 22.3 Å². The van der Waals surface area contributed by atoms with Crippen LogP contribution >= 0.6 is 0 Å². The van der Waals surface area contributed by atoms with Crippen molar-refractivity contribution in [2.75, 3.05) is 0 Å². The van der Waals surface area contributed by atoms with Gasteiger partial charge in [-0.2, -0.15) is 0 Å². The average molecular weight is 386 g/mol. The quantitative estimate of drug-likeness (QED) is 0.406. The number of hydrogen-bond acceptors (Lipinski definition) is 2. The third kappa shape index (κ3) is 2.32. The van der Waals surface area contributed by atoms with Gasteiger partial charge in [0.2, 0.25) is 0 Å². The summed E-state index contributed by atoms with van der Waals surface area (Å²) in [6.45, 7) is 0. The predicted molar refractivity (Wildman–Crippen MR) is 107 cm³/mol. The Kier molecular flexibility index (Phi) is 3.71. The molecule has 1 aliphatic rings. The SMILES string of the molecule is Oc1ccc(C2(c3ccc(O)c(F)c3)c3ccccc3-c3ccccc32)cc1F. The Bertz CT molecular complexity index is 1160.